The molecule has 3 unspecified atom stereocenters. The number of fused-ring (bicyclic) bond motifs is 1. The van der Waals surface area contributed by atoms with E-state index in [9.17, 15) is 9.00 Å². The summed E-state index contributed by atoms with van der Waals surface area (Å²) in [6.07, 6.45) is 7.10. The summed E-state index contributed by atoms with van der Waals surface area (Å²) in [5.74, 6) is 2.10. The van der Waals surface area contributed by atoms with Crippen molar-refractivity contribution in [1.29, 1.82) is 0 Å². The highest BCUT2D eigenvalue weighted by Gasteiger charge is 2.26. The van der Waals surface area contributed by atoms with Crippen LogP contribution in [-0.2, 0) is 17.7 Å². The first-order chi connectivity index (χ1) is 11.6. The van der Waals surface area contributed by atoms with Crippen molar-refractivity contribution in [2.45, 2.75) is 44.9 Å². The number of aryl methyl sites for hydroxylation is 1. The lowest BCUT2D eigenvalue weighted by Gasteiger charge is -2.31. The van der Waals surface area contributed by atoms with Crippen LogP contribution in [0.5, 0.6) is 5.75 Å². The molecule has 0 saturated heterocycles. The van der Waals surface area contributed by atoms with E-state index in [0.29, 0.717) is 31.4 Å². The minimum absolute atomic E-state index is 0.234. The molecule has 3 rings (SSSR count). The van der Waals surface area contributed by atoms with E-state index in [1.54, 1.807) is 0 Å². The smallest absolute Gasteiger partial charge is 0.231 e. The van der Waals surface area contributed by atoms with Crippen molar-refractivity contribution in [3.05, 3.63) is 29.3 Å². The summed E-state index contributed by atoms with van der Waals surface area (Å²) in [4.78, 5) is 11.7. The third kappa shape index (κ3) is 4.43. The molecule has 2 aliphatic rings. The van der Waals surface area contributed by atoms with Crippen molar-refractivity contribution in [2.24, 2.45) is 11.8 Å². The first-order valence-corrected chi connectivity index (χ1v) is 9.87. The SMILES string of the molecule is O=C1CCc2cc(OCC3CCCCC3CCNS(=O)O)ccc21. The van der Waals surface area contributed by atoms with Gasteiger partial charge in [-0.05, 0) is 54.9 Å². The van der Waals surface area contributed by atoms with E-state index < -0.39 is 11.3 Å². The second-order valence-corrected chi connectivity index (χ2v) is 7.58. The van der Waals surface area contributed by atoms with E-state index in [1.165, 1.54) is 12.8 Å². The maximum atomic E-state index is 11.7. The van der Waals surface area contributed by atoms with Crippen molar-refractivity contribution in [1.82, 2.24) is 4.72 Å². The predicted molar refractivity (Wildman–Crippen MR) is 93.4 cm³/mol. The standard InChI is InChI=1S/C18H25NO4S/c20-18-8-5-14-11-16(6-7-17(14)18)23-12-15-4-2-1-3-13(15)9-10-19-24(21)22/h6-7,11,13,15,19H,1-5,8-10,12H2,(H,21,22). The molecule has 1 saturated carbocycles. The molecule has 6 heteroatoms. The van der Waals surface area contributed by atoms with Gasteiger partial charge in [-0.2, -0.15) is 0 Å². The summed E-state index contributed by atoms with van der Waals surface area (Å²) in [6, 6.07) is 5.80. The first-order valence-electron chi connectivity index (χ1n) is 8.77. The lowest BCUT2D eigenvalue weighted by Crippen LogP contribution is -2.29. The summed E-state index contributed by atoms with van der Waals surface area (Å²) >= 11 is -1.93. The fourth-order valence-electron chi connectivity index (χ4n) is 3.94. The van der Waals surface area contributed by atoms with Gasteiger partial charge in [-0.3, -0.25) is 9.35 Å². The Morgan fingerprint density at radius 2 is 2.00 bits per heavy atom. The van der Waals surface area contributed by atoms with E-state index in [0.717, 1.165) is 42.6 Å². The van der Waals surface area contributed by atoms with Crippen molar-refractivity contribution in [3.63, 3.8) is 0 Å². The van der Waals surface area contributed by atoms with Gasteiger partial charge in [-0.1, -0.05) is 19.3 Å². The Kier molecular flexibility index (Phi) is 6.03. The summed E-state index contributed by atoms with van der Waals surface area (Å²) in [5, 5.41) is 0. The molecule has 1 aromatic rings. The number of nitrogens with one attached hydrogen (secondary N) is 1. The predicted octanol–water partition coefficient (Wildman–Crippen LogP) is 3.12. The minimum atomic E-state index is -1.93. The van der Waals surface area contributed by atoms with E-state index in [2.05, 4.69) is 4.72 Å². The van der Waals surface area contributed by atoms with Gasteiger partial charge in [0, 0.05) is 18.5 Å². The maximum Gasteiger partial charge on any atom is 0.231 e. The summed E-state index contributed by atoms with van der Waals surface area (Å²) < 4.78 is 28.1. The Labute approximate surface area is 145 Å². The van der Waals surface area contributed by atoms with Crippen molar-refractivity contribution in [3.8, 4) is 5.75 Å². The van der Waals surface area contributed by atoms with E-state index >= 15 is 0 Å². The van der Waals surface area contributed by atoms with Gasteiger partial charge in [0.1, 0.15) is 5.75 Å². The first kappa shape index (κ1) is 17.6. The number of carbonyl (C=O) groups is 1. The number of ketones is 1. The van der Waals surface area contributed by atoms with Crippen molar-refractivity contribution in [2.75, 3.05) is 13.2 Å². The molecule has 0 heterocycles. The Morgan fingerprint density at radius 1 is 1.21 bits per heavy atom. The molecule has 1 aromatic carbocycles. The molecule has 2 aliphatic carbocycles. The fourth-order valence-corrected chi connectivity index (χ4v) is 4.23. The topological polar surface area (TPSA) is 75.6 Å². The number of hydrogen-bond acceptors (Lipinski definition) is 3. The van der Waals surface area contributed by atoms with Gasteiger partial charge in [-0.25, -0.2) is 8.93 Å². The second-order valence-electron chi connectivity index (χ2n) is 6.79. The fraction of sp³-hybridized carbons (Fsp3) is 0.611. The Balaban J connectivity index is 1.54. The molecular formula is C18H25NO4S. The molecule has 0 bridgehead atoms. The largest absolute Gasteiger partial charge is 0.493 e. The molecule has 24 heavy (non-hydrogen) atoms. The quantitative estimate of drug-likeness (QED) is 0.740. The van der Waals surface area contributed by atoms with Gasteiger partial charge in [0.05, 0.1) is 6.61 Å². The molecule has 0 amide bonds. The van der Waals surface area contributed by atoms with Crippen LogP contribution in [0.15, 0.2) is 18.2 Å². The zero-order valence-corrected chi connectivity index (χ0v) is 14.6. The highest BCUT2D eigenvalue weighted by atomic mass is 32.2. The van der Waals surface area contributed by atoms with Crippen LogP contribution in [0.3, 0.4) is 0 Å². The van der Waals surface area contributed by atoms with Gasteiger partial charge < -0.3 is 4.74 Å². The average molecular weight is 351 g/mol. The van der Waals surface area contributed by atoms with Crippen LogP contribution in [0.25, 0.3) is 0 Å². The monoisotopic (exact) mass is 351 g/mol. The summed E-state index contributed by atoms with van der Waals surface area (Å²) in [5.41, 5.74) is 1.95. The van der Waals surface area contributed by atoms with Crippen LogP contribution in [0.4, 0.5) is 0 Å². The third-order valence-electron chi connectivity index (χ3n) is 5.27. The van der Waals surface area contributed by atoms with E-state index in [1.807, 2.05) is 18.2 Å². The summed E-state index contributed by atoms with van der Waals surface area (Å²) in [7, 11) is 0. The Bertz CT molecular complexity index is 619. The van der Waals surface area contributed by atoms with Gasteiger partial charge >= 0.3 is 0 Å². The normalized spacial score (nSPS) is 24.6. The summed E-state index contributed by atoms with van der Waals surface area (Å²) in [6.45, 7) is 1.24. The average Bonchev–Trinajstić information content (AvgIpc) is 2.94. The number of carbonyl (C=O) groups excluding carboxylic acids is 1. The Morgan fingerprint density at radius 3 is 2.79 bits per heavy atom. The van der Waals surface area contributed by atoms with Gasteiger partial charge in [0.2, 0.25) is 11.3 Å². The molecule has 0 spiro atoms. The molecule has 3 atom stereocenters. The molecule has 132 valence electrons. The second kappa shape index (κ2) is 8.23. The molecule has 0 aliphatic heterocycles. The van der Waals surface area contributed by atoms with Crippen LogP contribution in [0, 0.1) is 11.8 Å². The molecule has 5 nitrogen and oxygen atoms in total. The van der Waals surface area contributed by atoms with Crippen LogP contribution in [0.2, 0.25) is 0 Å². The zero-order chi connectivity index (χ0) is 16.9. The third-order valence-corrected chi connectivity index (χ3v) is 5.72. The highest BCUT2D eigenvalue weighted by Crippen LogP contribution is 2.33. The number of hydrogen-bond donors (Lipinski definition) is 2. The van der Waals surface area contributed by atoms with E-state index in [-0.39, 0.29) is 5.78 Å². The minimum Gasteiger partial charge on any atom is -0.493 e. The van der Waals surface area contributed by atoms with Crippen LogP contribution >= 0.6 is 0 Å². The molecular weight excluding hydrogens is 326 g/mol. The Hall–Kier alpha value is -1.24. The molecule has 2 N–H and O–H groups in total. The van der Waals surface area contributed by atoms with Crippen LogP contribution < -0.4 is 9.46 Å². The molecule has 0 aromatic heterocycles. The van der Waals surface area contributed by atoms with Gasteiger partial charge in [0.25, 0.3) is 0 Å². The zero-order valence-electron chi connectivity index (χ0n) is 13.8. The number of Topliss-reactive ketones (excluding diaryl/α,β-unsaturated/α-hetero) is 1. The van der Waals surface area contributed by atoms with Crippen LogP contribution in [-0.4, -0.2) is 27.7 Å². The lowest BCUT2D eigenvalue weighted by atomic mass is 9.78. The number of rotatable bonds is 7. The lowest BCUT2D eigenvalue weighted by molar-refractivity contribution is 0.0994. The van der Waals surface area contributed by atoms with Gasteiger partial charge in [0.15, 0.2) is 5.78 Å². The molecule has 1 fully saturated rings. The van der Waals surface area contributed by atoms with E-state index in [4.69, 9.17) is 9.29 Å². The number of ether oxygens (including phenoxy) is 1. The van der Waals surface area contributed by atoms with Crippen molar-refractivity contribution < 1.29 is 18.3 Å². The highest BCUT2D eigenvalue weighted by molar-refractivity contribution is 7.77. The number of benzene rings is 1. The molecule has 0 radical (unpaired) electrons. The maximum absolute atomic E-state index is 11.7. The van der Waals surface area contributed by atoms with Crippen molar-refractivity contribution >= 4 is 17.0 Å². The van der Waals surface area contributed by atoms with Crippen LogP contribution in [0.1, 0.15) is 54.4 Å². The van der Waals surface area contributed by atoms with Gasteiger partial charge in [-0.15, -0.1) is 0 Å².